The molecule has 8 heteroatoms. The third-order valence-electron chi connectivity index (χ3n) is 4.22. The number of carboxylic acids is 1. The minimum absolute atomic E-state index is 0.139. The molecule has 126 valence electrons. The van der Waals surface area contributed by atoms with Crippen molar-refractivity contribution in [3.63, 3.8) is 0 Å². The molecule has 2 fully saturated rings. The van der Waals surface area contributed by atoms with Crippen LogP contribution in [0.3, 0.4) is 0 Å². The van der Waals surface area contributed by atoms with Crippen LogP contribution in [0.2, 0.25) is 0 Å². The van der Waals surface area contributed by atoms with Gasteiger partial charge in [0, 0.05) is 24.9 Å². The molecule has 0 aromatic heterocycles. The number of hydrogen-bond acceptors (Lipinski definition) is 4. The Balaban J connectivity index is 1.77. The van der Waals surface area contributed by atoms with Gasteiger partial charge in [-0.1, -0.05) is 0 Å². The molecule has 2 heterocycles. The zero-order valence-electron chi connectivity index (χ0n) is 12.9. The molecule has 0 radical (unpaired) electrons. The van der Waals surface area contributed by atoms with E-state index in [2.05, 4.69) is 5.43 Å². The van der Waals surface area contributed by atoms with Crippen molar-refractivity contribution in [3.8, 4) is 0 Å². The van der Waals surface area contributed by atoms with Crippen LogP contribution in [-0.2, 0) is 14.4 Å². The molecule has 24 heavy (non-hydrogen) atoms. The molecule has 0 spiro atoms. The van der Waals surface area contributed by atoms with Gasteiger partial charge in [-0.25, -0.2) is 9.80 Å². The van der Waals surface area contributed by atoms with Gasteiger partial charge in [-0.2, -0.15) is 0 Å². The van der Waals surface area contributed by atoms with Crippen LogP contribution in [0, 0.1) is 0 Å². The molecule has 1 aromatic rings. The van der Waals surface area contributed by atoms with E-state index in [1.165, 1.54) is 17.0 Å². The summed E-state index contributed by atoms with van der Waals surface area (Å²) < 4.78 is 0. The predicted octanol–water partition coefficient (Wildman–Crippen LogP) is 0.534. The van der Waals surface area contributed by atoms with Gasteiger partial charge in [0.1, 0.15) is 6.04 Å². The highest BCUT2D eigenvalue weighted by Gasteiger charge is 2.34. The number of hydrazine groups is 1. The number of hydrogen-bond donors (Lipinski definition) is 2. The van der Waals surface area contributed by atoms with Crippen molar-refractivity contribution in [3.05, 3.63) is 29.8 Å². The quantitative estimate of drug-likeness (QED) is 0.840. The van der Waals surface area contributed by atoms with Crippen LogP contribution in [0.4, 0.5) is 5.69 Å². The lowest BCUT2D eigenvalue weighted by molar-refractivity contribution is -0.141. The smallest absolute Gasteiger partial charge is 0.326 e. The largest absolute Gasteiger partial charge is 0.480 e. The number of benzene rings is 1. The number of carbonyl (C=O) groups excluding carboxylic acids is 3. The van der Waals surface area contributed by atoms with E-state index in [0.29, 0.717) is 30.6 Å². The Hall–Kier alpha value is -2.90. The van der Waals surface area contributed by atoms with Crippen LogP contribution in [0.1, 0.15) is 36.0 Å². The van der Waals surface area contributed by atoms with Crippen LogP contribution in [0.25, 0.3) is 0 Å². The lowest BCUT2D eigenvalue weighted by Gasteiger charge is -2.27. The molecule has 1 atom stereocenters. The van der Waals surface area contributed by atoms with Gasteiger partial charge < -0.3 is 10.0 Å². The number of likely N-dealkylation sites (tertiary alicyclic amines) is 1. The first-order valence-electron chi connectivity index (χ1n) is 7.73. The van der Waals surface area contributed by atoms with Crippen LogP contribution in [0.15, 0.2) is 24.3 Å². The van der Waals surface area contributed by atoms with Crippen molar-refractivity contribution in [1.29, 1.82) is 0 Å². The number of aliphatic carboxylic acids is 1. The van der Waals surface area contributed by atoms with Gasteiger partial charge in [0.15, 0.2) is 0 Å². The second kappa shape index (κ2) is 6.31. The second-order valence-corrected chi connectivity index (χ2v) is 5.81. The summed E-state index contributed by atoms with van der Waals surface area (Å²) in [7, 11) is 0. The van der Waals surface area contributed by atoms with Crippen molar-refractivity contribution in [2.75, 3.05) is 11.6 Å². The van der Waals surface area contributed by atoms with E-state index in [9.17, 15) is 19.2 Å². The summed E-state index contributed by atoms with van der Waals surface area (Å²) in [4.78, 5) is 48.3. The highest BCUT2D eigenvalue weighted by atomic mass is 16.4. The first-order chi connectivity index (χ1) is 11.5. The van der Waals surface area contributed by atoms with E-state index in [4.69, 9.17) is 5.11 Å². The summed E-state index contributed by atoms with van der Waals surface area (Å²) in [5.41, 5.74) is 3.29. The molecule has 1 unspecified atom stereocenters. The zero-order chi connectivity index (χ0) is 17.3. The summed E-state index contributed by atoms with van der Waals surface area (Å²) in [5.74, 6) is -1.81. The topological polar surface area (TPSA) is 107 Å². The zero-order valence-corrected chi connectivity index (χ0v) is 12.9. The standard InChI is InChI=1S/C16H17N3O5/c20-13-7-8-14(21)19(17-13)11-5-3-10(4-6-11)15(22)18-9-1-2-12(18)16(23)24/h3-6,12H,1-2,7-9H2,(H,17,20)(H,23,24). The molecule has 8 nitrogen and oxygen atoms in total. The second-order valence-electron chi connectivity index (χ2n) is 5.81. The first kappa shape index (κ1) is 16.0. The molecule has 2 saturated heterocycles. The number of nitrogens with zero attached hydrogens (tertiary/aromatic N) is 2. The highest BCUT2D eigenvalue weighted by Crippen LogP contribution is 2.22. The first-order valence-corrected chi connectivity index (χ1v) is 7.73. The number of amides is 3. The number of anilines is 1. The van der Waals surface area contributed by atoms with Gasteiger partial charge in [0.05, 0.1) is 5.69 Å². The number of rotatable bonds is 3. The molecule has 0 saturated carbocycles. The Bertz CT molecular complexity index is 700. The Morgan fingerprint density at radius 1 is 1.12 bits per heavy atom. The molecular weight excluding hydrogens is 314 g/mol. The normalized spacial score (nSPS) is 20.9. The number of carboxylic acid groups (broad SMARTS) is 1. The van der Waals surface area contributed by atoms with Crippen LogP contribution >= 0.6 is 0 Å². The minimum Gasteiger partial charge on any atom is -0.480 e. The molecule has 2 aliphatic rings. The Morgan fingerprint density at radius 3 is 2.50 bits per heavy atom. The molecule has 0 aliphatic carbocycles. The maximum atomic E-state index is 12.5. The molecule has 2 aliphatic heterocycles. The summed E-state index contributed by atoms with van der Waals surface area (Å²) >= 11 is 0. The van der Waals surface area contributed by atoms with Crippen LogP contribution in [-0.4, -0.2) is 46.3 Å². The lowest BCUT2D eigenvalue weighted by Crippen LogP contribution is -2.50. The SMILES string of the molecule is O=C1CCC(=O)N(c2ccc(C(=O)N3CCCC3C(=O)O)cc2)N1. The van der Waals surface area contributed by atoms with Crippen LogP contribution < -0.4 is 10.4 Å². The third kappa shape index (κ3) is 2.94. The maximum Gasteiger partial charge on any atom is 0.326 e. The maximum absolute atomic E-state index is 12.5. The summed E-state index contributed by atoms with van der Waals surface area (Å²) in [6.45, 7) is 0.415. The molecule has 3 rings (SSSR count). The number of nitrogens with one attached hydrogen (secondary N) is 1. The van der Waals surface area contributed by atoms with E-state index in [1.807, 2.05) is 0 Å². The van der Waals surface area contributed by atoms with E-state index < -0.39 is 12.0 Å². The molecule has 2 N–H and O–H groups in total. The Kier molecular flexibility index (Phi) is 4.20. The predicted molar refractivity (Wildman–Crippen MR) is 83.0 cm³/mol. The van der Waals surface area contributed by atoms with Gasteiger partial charge in [0.25, 0.3) is 5.91 Å². The van der Waals surface area contributed by atoms with Crippen molar-refractivity contribution < 1.29 is 24.3 Å². The minimum atomic E-state index is -1.00. The fourth-order valence-electron chi connectivity index (χ4n) is 2.97. The van der Waals surface area contributed by atoms with E-state index in [-0.39, 0.29) is 30.6 Å². The van der Waals surface area contributed by atoms with Gasteiger partial charge in [0.2, 0.25) is 11.8 Å². The van der Waals surface area contributed by atoms with Gasteiger partial charge in [-0.05, 0) is 37.1 Å². The van der Waals surface area contributed by atoms with E-state index in [1.54, 1.807) is 12.1 Å². The van der Waals surface area contributed by atoms with Gasteiger partial charge >= 0.3 is 5.97 Å². The third-order valence-corrected chi connectivity index (χ3v) is 4.22. The summed E-state index contributed by atoms with van der Waals surface area (Å²) in [6, 6.07) is 5.39. The highest BCUT2D eigenvalue weighted by molar-refractivity contribution is 6.02. The van der Waals surface area contributed by atoms with Crippen molar-refractivity contribution in [2.45, 2.75) is 31.7 Å². The molecule has 3 amide bonds. The van der Waals surface area contributed by atoms with E-state index >= 15 is 0 Å². The summed E-state index contributed by atoms with van der Waals surface area (Å²) in [6.07, 6.45) is 1.42. The van der Waals surface area contributed by atoms with Crippen molar-refractivity contribution in [2.24, 2.45) is 0 Å². The number of carbonyl (C=O) groups is 4. The monoisotopic (exact) mass is 331 g/mol. The van der Waals surface area contributed by atoms with Crippen LogP contribution in [0.5, 0.6) is 0 Å². The molecule has 0 bridgehead atoms. The fraction of sp³-hybridized carbons (Fsp3) is 0.375. The molecular formula is C16H17N3O5. The van der Waals surface area contributed by atoms with E-state index in [0.717, 1.165) is 5.01 Å². The van der Waals surface area contributed by atoms with Gasteiger partial charge in [-0.15, -0.1) is 0 Å². The van der Waals surface area contributed by atoms with Gasteiger partial charge in [-0.3, -0.25) is 19.8 Å². The Morgan fingerprint density at radius 2 is 1.83 bits per heavy atom. The van der Waals surface area contributed by atoms with Crippen molar-refractivity contribution >= 4 is 29.4 Å². The average molecular weight is 331 g/mol. The van der Waals surface area contributed by atoms with Crippen molar-refractivity contribution in [1.82, 2.24) is 10.3 Å². The summed E-state index contributed by atoms with van der Waals surface area (Å²) in [5, 5.41) is 10.3. The average Bonchev–Trinajstić information content (AvgIpc) is 3.06. The fourth-order valence-corrected chi connectivity index (χ4v) is 2.97. The molecule has 1 aromatic carbocycles. The lowest BCUT2D eigenvalue weighted by atomic mass is 10.1. The Labute approximate surface area is 138 Å².